The van der Waals surface area contributed by atoms with Crippen LogP contribution in [-0.2, 0) is 4.79 Å². The Morgan fingerprint density at radius 2 is 2.67 bits per heavy atom. The first-order valence-electron chi connectivity index (χ1n) is 2.46. The van der Waals surface area contributed by atoms with Gasteiger partial charge in [-0.2, -0.15) is 0 Å². The molecule has 0 saturated heterocycles. The number of anilines is 1. The molecule has 1 amide bonds. The van der Waals surface area contributed by atoms with Crippen LogP contribution in [0.2, 0.25) is 0 Å². The van der Waals surface area contributed by atoms with Crippen LogP contribution in [-0.4, -0.2) is 11.4 Å². The van der Waals surface area contributed by atoms with Crippen LogP contribution in [0.1, 0.15) is 0 Å². The minimum Gasteiger partial charge on any atom is -0.313 e. The number of nitrogens with one attached hydrogen (secondary N) is 1. The van der Waals surface area contributed by atoms with Crippen LogP contribution in [0.5, 0.6) is 0 Å². The fourth-order valence-electron chi connectivity index (χ4n) is 0.460. The number of carbonyl (C=O) groups is 1. The minimum absolute atomic E-state index is 0.451. The first-order chi connectivity index (χ1) is 4.43. The molecule has 0 unspecified atom stereocenters. The summed E-state index contributed by atoms with van der Waals surface area (Å²) in [7, 11) is 0. The highest BCUT2D eigenvalue weighted by Crippen LogP contribution is 1.94. The second-order valence-corrected chi connectivity index (χ2v) is 1.39. The zero-order valence-corrected chi connectivity index (χ0v) is 4.66. The van der Waals surface area contributed by atoms with Gasteiger partial charge in [-0.25, -0.2) is 4.98 Å². The van der Waals surface area contributed by atoms with Gasteiger partial charge in [0.25, 0.3) is 0 Å². The number of rotatable bonds is 2. The zero-order chi connectivity index (χ0) is 6.53. The normalized spacial score (nSPS) is 8.44. The van der Waals surface area contributed by atoms with Crippen LogP contribution in [0.3, 0.4) is 0 Å². The van der Waals surface area contributed by atoms with Crippen molar-refractivity contribution in [1.29, 1.82) is 0 Å². The molecule has 0 aromatic carbocycles. The van der Waals surface area contributed by atoms with E-state index in [1.807, 2.05) is 0 Å². The second-order valence-electron chi connectivity index (χ2n) is 1.39. The molecule has 0 atom stereocenters. The second kappa shape index (κ2) is 2.81. The summed E-state index contributed by atoms with van der Waals surface area (Å²) in [6.45, 7) is 0. The van der Waals surface area contributed by atoms with E-state index in [0.717, 1.165) is 0 Å². The number of nitrogens with zero attached hydrogens (tertiary/aromatic N) is 1. The summed E-state index contributed by atoms with van der Waals surface area (Å²) >= 11 is 0. The Hall–Kier alpha value is -1.38. The van der Waals surface area contributed by atoms with E-state index in [-0.39, 0.29) is 0 Å². The van der Waals surface area contributed by atoms with Gasteiger partial charge in [-0.15, -0.1) is 0 Å². The fraction of sp³-hybridized carbons (Fsp3) is 0. The molecule has 45 valence electrons. The van der Waals surface area contributed by atoms with Gasteiger partial charge in [-0.05, 0) is 12.1 Å². The largest absolute Gasteiger partial charge is 0.313 e. The molecular formula is C6H5N2O. The minimum atomic E-state index is 0.451. The third kappa shape index (κ3) is 1.53. The average Bonchev–Trinajstić information content (AvgIpc) is 1.91. The molecule has 0 saturated carbocycles. The highest BCUT2D eigenvalue weighted by Gasteiger charge is 1.84. The summed E-state index contributed by atoms with van der Waals surface area (Å²) in [6.07, 6.45) is 2.15. The van der Waals surface area contributed by atoms with Gasteiger partial charge in [0.05, 0.1) is 0 Å². The van der Waals surface area contributed by atoms with Crippen LogP contribution in [0.4, 0.5) is 5.82 Å². The van der Waals surface area contributed by atoms with E-state index >= 15 is 0 Å². The SMILES string of the molecule is O=CNc1[c]cccn1. The number of hydrogen-bond acceptors (Lipinski definition) is 2. The van der Waals surface area contributed by atoms with Crippen LogP contribution < -0.4 is 5.32 Å². The lowest BCUT2D eigenvalue weighted by Crippen LogP contribution is -1.94. The van der Waals surface area contributed by atoms with Gasteiger partial charge in [0.1, 0.15) is 5.82 Å². The number of pyridine rings is 1. The predicted octanol–water partition coefficient (Wildman–Crippen LogP) is 0.450. The Morgan fingerprint density at radius 1 is 1.78 bits per heavy atom. The Balaban J connectivity index is 2.72. The molecule has 0 aliphatic carbocycles. The van der Waals surface area contributed by atoms with E-state index in [0.29, 0.717) is 12.2 Å². The summed E-state index contributed by atoms with van der Waals surface area (Å²) in [6, 6.07) is 6.13. The third-order valence-electron chi connectivity index (χ3n) is 0.802. The molecule has 1 rings (SSSR count). The Bertz CT molecular complexity index is 186. The molecule has 9 heavy (non-hydrogen) atoms. The monoisotopic (exact) mass is 121 g/mol. The van der Waals surface area contributed by atoms with Crippen molar-refractivity contribution in [2.75, 3.05) is 5.32 Å². The Kier molecular flexibility index (Phi) is 1.80. The molecule has 0 aliphatic rings. The smallest absolute Gasteiger partial charge is 0.212 e. The van der Waals surface area contributed by atoms with E-state index < -0.39 is 0 Å². The lowest BCUT2D eigenvalue weighted by Gasteiger charge is -1.91. The van der Waals surface area contributed by atoms with Gasteiger partial charge in [0, 0.05) is 12.3 Å². The van der Waals surface area contributed by atoms with Crippen LogP contribution >= 0.6 is 0 Å². The summed E-state index contributed by atoms with van der Waals surface area (Å²) in [5.74, 6) is 0.451. The summed E-state index contributed by atoms with van der Waals surface area (Å²) in [5.41, 5.74) is 0. The van der Waals surface area contributed by atoms with E-state index in [4.69, 9.17) is 0 Å². The van der Waals surface area contributed by atoms with Crippen molar-refractivity contribution in [3.8, 4) is 0 Å². The van der Waals surface area contributed by atoms with Crippen LogP contribution in [0.25, 0.3) is 0 Å². The Labute approximate surface area is 52.7 Å². The molecule has 3 nitrogen and oxygen atoms in total. The van der Waals surface area contributed by atoms with Gasteiger partial charge >= 0.3 is 0 Å². The topological polar surface area (TPSA) is 42.0 Å². The first kappa shape index (κ1) is 5.75. The number of aromatic nitrogens is 1. The first-order valence-corrected chi connectivity index (χ1v) is 2.46. The maximum atomic E-state index is 9.80. The van der Waals surface area contributed by atoms with Crippen molar-refractivity contribution >= 4 is 12.2 Å². The molecule has 0 bridgehead atoms. The van der Waals surface area contributed by atoms with Crippen molar-refractivity contribution in [2.45, 2.75) is 0 Å². The number of hydrogen-bond donors (Lipinski definition) is 1. The highest BCUT2D eigenvalue weighted by atomic mass is 16.1. The summed E-state index contributed by atoms with van der Waals surface area (Å²) in [5, 5.41) is 2.36. The molecule has 0 spiro atoms. The molecule has 0 fully saturated rings. The van der Waals surface area contributed by atoms with Gasteiger partial charge in [-0.3, -0.25) is 4.79 Å². The van der Waals surface area contributed by atoms with E-state index in [1.54, 1.807) is 18.3 Å². The maximum absolute atomic E-state index is 9.80. The Morgan fingerprint density at radius 3 is 3.22 bits per heavy atom. The van der Waals surface area contributed by atoms with Crippen LogP contribution in [0, 0.1) is 6.07 Å². The van der Waals surface area contributed by atoms with Crippen molar-refractivity contribution in [2.24, 2.45) is 0 Å². The molecule has 1 radical (unpaired) electrons. The predicted molar refractivity (Wildman–Crippen MR) is 32.8 cm³/mol. The molecule has 1 aromatic rings. The molecule has 1 heterocycles. The third-order valence-corrected chi connectivity index (χ3v) is 0.802. The van der Waals surface area contributed by atoms with Gasteiger partial charge in [0.15, 0.2) is 0 Å². The van der Waals surface area contributed by atoms with Crippen LogP contribution in [0.15, 0.2) is 18.3 Å². The molecule has 0 aliphatic heterocycles. The zero-order valence-electron chi connectivity index (χ0n) is 4.66. The average molecular weight is 121 g/mol. The molecule has 3 heteroatoms. The van der Waals surface area contributed by atoms with Gasteiger partial charge in [0.2, 0.25) is 6.41 Å². The quantitative estimate of drug-likeness (QED) is 0.577. The number of amides is 1. The maximum Gasteiger partial charge on any atom is 0.212 e. The van der Waals surface area contributed by atoms with Crippen molar-refractivity contribution in [3.63, 3.8) is 0 Å². The molecule has 1 N–H and O–H groups in total. The van der Waals surface area contributed by atoms with E-state index in [1.165, 1.54) is 0 Å². The molecular weight excluding hydrogens is 116 g/mol. The number of carbonyl (C=O) groups excluding carboxylic acids is 1. The van der Waals surface area contributed by atoms with E-state index in [9.17, 15) is 4.79 Å². The van der Waals surface area contributed by atoms with E-state index in [2.05, 4.69) is 16.4 Å². The van der Waals surface area contributed by atoms with Gasteiger partial charge in [-0.1, -0.05) is 0 Å². The lowest BCUT2D eigenvalue weighted by molar-refractivity contribution is -0.105. The summed E-state index contributed by atoms with van der Waals surface area (Å²) in [4.78, 5) is 13.6. The van der Waals surface area contributed by atoms with Gasteiger partial charge < -0.3 is 5.32 Å². The summed E-state index contributed by atoms with van der Waals surface area (Å²) < 4.78 is 0. The van der Waals surface area contributed by atoms with Crippen molar-refractivity contribution in [3.05, 3.63) is 24.4 Å². The highest BCUT2D eigenvalue weighted by molar-refractivity contribution is 5.67. The lowest BCUT2D eigenvalue weighted by atomic mass is 10.5. The van der Waals surface area contributed by atoms with Crippen molar-refractivity contribution < 1.29 is 4.79 Å². The fourth-order valence-corrected chi connectivity index (χ4v) is 0.460. The standard InChI is InChI=1S/C6H5N2O/c9-5-8-6-3-1-2-4-7-6/h1-2,4-5H,(H,7,8,9). The molecule has 1 aromatic heterocycles. The van der Waals surface area contributed by atoms with Crippen molar-refractivity contribution in [1.82, 2.24) is 4.98 Å².